The van der Waals surface area contributed by atoms with E-state index >= 15 is 0 Å². The number of pyridine rings is 1. The zero-order valence-corrected chi connectivity index (χ0v) is 20.8. The number of ether oxygens (including phenoxy) is 3. The molecule has 1 aromatic heterocycles. The average Bonchev–Trinajstić information content (AvgIpc) is 2.94. The number of carbonyl (C=O) groups is 1. The lowest BCUT2D eigenvalue weighted by Gasteiger charge is -2.33. The molecule has 0 bridgehead atoms. The monoisotopic (exact) mass is 486 g/mol. The molecular formula is C30H34N2O4. The van der Waals surface area contributed by atoms with Gasteiger partial charge >= 0.3 is 0 Å². The maximum absolute atomic E-state index is 13.3. The van der Waals surface area contributed by atoms with Gasteiger partial charge in [-0.1, -0.05) is 23.8 Å². The van der Waals surface area contributed by atoms with Crippen LogP contribution in [0.3, 0.4) is 0 Å². The quantitative estimate of drug-likeness (QED) is 0.416. The minimum absolute atomic E-state index is 0.0778. The summed E-state index contributed by atoms with van der Waals surface area (Å²) < 4.78 is 16.6. The molecule has 188 valence electrons. The van der Waals surface area contributed by atoms with Gasteiger partial charge in [0.25, 0.3) is 0 Å². The van der Waals surface area contributed by atoms with Gasteiger partial charge in [-0.15, -0.1) is 0 Å². The van der Waals surface area contributed by atoms with Crippen molar-refractivity contribution in [2.45, 2.75) is 63.5 Å². The molecule has 1 N–H and O–H groups in total. The van der Waals surface area contributed by atoms with E-state index in [0.29, 0.717) is 18.4 Å². The van der Waals surface area contributed by atoms with Gasteiger partial charge in [0.15, 0.2) is 11.5 Å². The van der Waals surface area contributed by atoms with Crippen LogP contribution >= 0.6 is 0 Å². The van der Waals surface area contributed by atoms with Gasteiger partial charge in [0.1, 0.15) is 24.5 Å². The molecule has 1 atom stereocenters. The Bertz CT molecular complexity index is 1200. The van der Waals surface area contributed by atoms with E-state index in [1.54, 1.807) is 32.1 Å². The van der Waals surface area contributed by atoms with E-state index in [1.807, 2.05) is 24.3 Å². The number of methoxy groups -OCH3 is 1. The summed E-state index contributed by atoms with van der Waals surface area (Å²) in [7, 11) is 1.64. The summed E-state index contributed by atoms with van der Waals surface area (Å²) in [5.74, 6) is 2.14. The van der Waals surface area contributed by atoms with Crippen LogP contribution in [-0.2, 0) is 9.47 Å². The summed E-state index contributed by atoms with van der Waals surface area (Å²) in [5.41, 5.74) is 2.99. The average molecular weight is 487 g/mol. The number of aromatic nitrogens is 1. The fourth-order valence-electron chi connectivity index (χ4n) is 5.45. The minimum Gasteiger partial charge on any atom is -0.497 e. The van der Waals surface area contributed by atoms with Crippen LogP contribution in [0.1, 0.15) is 61.7 Å². The normalized spacial score (nSPS) is 22.2. The van der Waals surface area contributed by atoms with Crippen LogP contribution < -0.4 is 10.1 Å². The summed E-state index contributed by atoms with van der Waals surface area (Å²) >= 11 is 0. The Morgan fingerprint density at radius 2 is 2.08 bits per heavy atom. The molecule has 0 spiro atoms. The van der Waals surface area contributed by atoms with Gasteiger partial charge in [0.05, 0.1) is 18.7 Å². The zero-order valence-electron chi connectivity index (χ0n) is 20.8. The smallest absolute Gasteiger partial charge is 0.163 e. The molecule has 1 aliphatic heterocycles. The first kappa shape index (κ1) is 24.3. The first-order valence-corrected chi connectivity index (χ1v) is 12.9. The van der Waals surface area contributed by atoms with Gasteiger partial charge in [0.2, 0.25) is 0 Å². The Morgan fingerprint density at radius 1 is 1.19 bits per heavy atom. The molecule has 2 heterocycles. The van der Waals surface area contributed by atoms with Gasteiger partial charge in [0, 0.05) is 29.6 Å². The molecule has 1 unspecified atom stereocenters. The van der Waals surface area contributed by atoms with Crippen molar-refractivity contribution >= 4 is 16.7 Å². The standard InChI is InChI=1S/C30H34N2O4/c1-34-24-11-12-27-26(19-24)25(13-14-31-27)29(33)18-22-7-9-23(10-8-22)32-28(30-20-35-15-16-36-30)17-21-5-3-2-4-6-21/h2-3,5,11-16,19-20,22-23,28,32H,4,6-10,17-18H2,1H3. The molecule has 1 saturated carbocycles. The Labute approximate surface area is 212 Å². The van der Waals surface area contributed by atoms with E-state index in [-0.39, 0.29) is 11.8 Å². The number of Topliss-reactive ketones (excluding diaryl/α,β-unsaturated/α-hetero) is 1. The molecule has 1 aromatic carbocycles. The summed E-state index contributed by atoms with van der Waals surface area (Å²) in [5, 5.41) is 4.70. The molecule has 0 radical (unpaired) electrons. The van der Waals surface area contributed by atoms with E-state index in [4.69, 9.17) is 14.2 Å². The van der Waals surface area contributed by atoms with Crippen LogP contribution in [0.4, 0.5) is 0 Å². The lowest BCUT2D eigenvalue weighted by molar-refractivity contribution is 0.0946. The van der Waals surface area contributed by atoms with Gasteiger partial charge in [-0.3, -0.25) is 9.78 Å². The first-order chi connectivity index (χ1) is 17.7. The number of nitrogens with zero attached hydrogens (tertiary/aromatic N) is 1. The van der Waals surface area contributed by atoms with Crippen molar-refractivity contribution in [2.75, 3.05) is 7.11 Å². The second kappa shape index (κ2) is 11.6. The maximum Gasteiger partial charge on any atom is 0.163 e. The second-order valence-corrected chi connectivity index (χ2v) is 9.85. The predicted octanol–water partition coefficient (Wildman–Crippen LogP) is 6.36. The van der Waals surface area contributed by atoms with Crippen molar-refractivity contribution in [2.24, 2.45) is 5.92 Å². The topological polar surface area (TPSA) is 69.7 Å². The van der Waals surface area contributed by atoms with Gasteiger partial charge < -0.3 is 19.5 Å². The van der Waals surface area contributed by atoms with Gasteiger partial charge in [-0.25, -0.2) is 0 Å². The Balaban J connectivity index is 1.19. The molecule has 36 heavy (non-hydrogen) atoms. The van der Waals surface area contributed by atoms with Crippen LogP contribution in [0.5, 0.6) is 5.75 Å². The number of hydrogen-bond donors (Lipinski definition) is 1. The number of fused-ring (bicyclic) bond motifs is 1. The summed E-state index contributed by atoms with van der Waals surface area (Å²) in [4.78, 5) is 17.7. The minimum atomic E-state index is 0.0778. The fraction of sp³-hybridized carbons (Fsp3) is 0.400. The molecule has 5 rings (SSSR count). The number of ketones is 1. The van der Waals surface area contributed by atoms with Crippen molar-refractivity contribution in [1.82, 2.24) is 10.3 Å². The number of benzene rings is 1. The van der Waals surface area contributed by atoms with E-state index in [1.165, 1.54) is 5.57 Å². The molecule has 2 aromatic rings. The van der Waals surface area contributed by atoms with Crippen molar-refractivity contribution in [3.8, 4) is 5.75 Å². The van der Waals surface area contributed by atoms with Gasteiger partial charge in [-0.2, -0.15) is 0 Å². The first-order valence-electron chi connectivity index (χ1n) is 12.9. The zero-order chi connectivity index (χ0) is 24.7. The highest BCUT2D eigenvalue weighted by atomic mass is 16.5. The maximum atomic E-state index is 13.3. The lowest BCUT2D eigenvalue weighted by Crippen LogP contribution is -2.42. The second-order valence-electron chi connectivity index (χ2n) is 9.85. The van der Waals surface area contributed by atoms with Gasteiger partial charge in [-0.05, 0) is 75.1 Å². The van der Waals surface area contributed by atoms with Crippen LogP contribution in [0, 0.1) is 5.92 Å². The Hall–Kier alpha value is -3.38. The highest BCUT2D eigenvalue weighted by Gasteiger charge is 2.28. The van der Waals surface area contributed by atoms with Crippen LogP contribution in [0.25, 0.3) is 10.9 Å². The Morgan fingerprint density at radius 3 is 2.83 bits per heavy atom. The largest absolute Gasteiger partial charge is 0.497 e. The molecule has 6 heteroatoms. The van der Waals surface area contributed by atoms with E-state index in [9.17, 15) is 4.79 Å². The molecule has 0 amide bonds. The van der Waals surface area contributed by atoms with E-state index in [0.717, 1.165) is 72.9 Å². The molecule has 0 saturated heterocycles. The van der Waals surface area contributed by atoms with Crippen molar-refractivity contribution in [3.05, 3.63) is 84.4 Å². The van der Waals surface area contributed by atoms with Crippen LogP contribution in [0.2, 0.25) is 0 Å². The fourth-order valence-corrected chi connectivity index (χ4v) is 5.45. The van der Waals surface area contributed by atoms with E-state index in [2.05, 4.69) is 28.5 Å². The van der Waals surface area contributed by atoms with Crippen molar-refractivity contribution < 1.29 is 19.0 Å². The van der Waals surface area contributed by atoms with Crippen LogP contribution in [0.15, 0.2) is 78.8 Å². The molecule has 6 nitrogen and oxygen atoms in total. The Kier molecular flexibility index (Phi) is 7.82. The summed E-state index contributed by atoms with van der Waals surface area (Å²) in [6.45, 7) is 0. The third-order valence-corrected chi connectivity index (χ3v) is 7.44. The third-order valence-electron chi connectivity index (χ3n) is 7.44. The van der Waals surface area contributed by atoms with Crippen LogP contribution in [-0.4, -0.2) is 30.0 Å². The molecule has 2 aliphatic carbocycles. The molecular weight excluding hydrogens is 452 g/mol. The molecule has 3 aliphatic rings. The van der Waals surface area contributed by atoms with Crippen molar-refractivity contribution in [1.29, 1.82) is 0 Å². The summed E-state index contributed by atoms with van der Waals surface area (Å²) in [6.07, 6.45) is 21.0. The predicted molar refractivity (Wildman–Crippen MR) is 140 cm³/mol. The number of carbonyl (C=O) groups excluding carboxylic acids is 1. The number of nitrogens with one attached hydrogen (secondary N) is 1. The SMILES string of the molecule is COc1ccc2nccc(C(=O)CC3CCC(NC(CC4=CC=CCC4)C4=COC=CO4)CC3)c2c1. The lowest BCUT2D eigenvalue weighted by atomic mass is 9.81. The highest BCUT2D eigenvalue weighted by Crippen LogP contribution is 2.32. The number of rotatable bonds is 9. The van der Waals surface area contributed by atoms with Crippen molar-refractivity contribution in [3.63, 3.8) is 0 Å². The third kappa shape index (κ3) is 5.88. The molecule has 1 fully saturated rings. The summed E-state index contributed by atoms with van der Waals surface area (Å²) in [6, 6.07) is 8.00. The number of hydrogen-bond acceptors (Lipinski definition) is 6. The highest BCUT2D eigenvalue weighted by molar-refractivity contribution is 6.07. The van der Waals surface area contributed by atoms with E-state index < -0.39 is 0 Å². The number of allylic oxidation sites excluding steroid dienone is 3.